The molecule has 0 aromatic heterocycles. The quantitative estimate of drug-likeness (QED) is 0.690. The first kappa shape index (κ1) is 9.72. The van der Waals surface area contributed by atoms with Gasteiger partial charge in [-0.15, -0.1) is 0 Å². The third-order valence-electron chi connectivity index (χ3n) is 2.65. The topological polar surface area (TPSA) is 17.1 Å². The number of hydrogen-bond acceptors (Lipinski definition) is 1. The van der Waals surface area contributed by atoms with Gasteiger partial charge in [-0.05, 0) is 24.5 Å². The fourth-order valence-corrected chi connectivity index (χ4v) is 1.80. The van der Waals surface area contributed by atoms with Crippen LogP contribution in [0.1, 0.15) is 36.0 Å². The molecule has 0 saturated heterocycles. The molecule has 1 aromatic rings. The van der Waals surface area contributed by atoms with E-state index in [1.165, 1.54) is 12.8 Å². The van der Waals surface area contributed by atoms with E-state index >= 15 is 0 Å². The zero-order valence-electron chi connectivity index (χ0n) is 8.00. The third kappa shape index (κ3) is 2.36. The van der Waals surface area contributed by atoms with Gasteiger partial charge < -0.3 is 0 Å². The Kier molecular flexibility index (Phi) is 2.87. The zero-order valence-corrected chi connectivity index (χ0v) is 8.76. The maximum absolute atomic E-state index is 11.7. The first-order chi connectivity index (χ1) is 6.77. The second-order valence-electron chi connectivity index (χ2n) is 3.89. The van der Waals surface area contributed by atoms with E-state index in [0.29, 0.717) is 17.0 Å². The van der Waals surface area contributed by atoms with E-state index in [2.05, 4.69) is 0 Å². The van der Waals surface area contributed by atoms with Crippen LogP contribution in [-0.4, -0.2) is 5.78 Å². The van der Waals surface area contributed by atoms with E-state index in [1.807, 2.05) is 12.1 Å². The minimum absolute atomic E-state index is 0.183. The van der Waals surface area contributed by atoms with Crippen LogP contribution in [0, 0.1) is 5.92 Å². The van der Waals surface area contributed by atoms with Crippen molar-refractivity contribution in [2.45, 2.75) is 25.7 Å². The van der Waals surface area contributed by atoms with Crippen LogP contribution in [0.15, 0.2) is 24.3 Å². The largest absolute Gasteiger partial charge is 0.294 e. The number of benzene rings is 1. The van der Waals surface area contributed by atoms with Crippen LogP contribution in [0.4, 0.5) is 0 Å². The molecular formula is C12H13ClO. The molecule has 0 bridgehead atoms. The van der Waals surface area contributed by atoms with E-state index in [9.17, 15) is 4.79 Å². The lowest BCUT2D eigenvalue weighted by Gasteiger charge is -2.01. The van der Waals surface area contributed by atoms with Crippen molar-refractivity contribution >= 4 is 17.4 Å². The van der Waals surface area contributed by atoms with Crippen LogP contribution in [0.2, 0.25) is 5.02 Å². The number of hydrogen-bond donors (Lipinski definition) is 0. The number of rotatable bonds is 4. The number of carbonyl (C=O) groups excluding carboxylic acids is 1. The molecule has 0 unspecified atom stereocenters. The smallest absolute Gasteiger partial charge is 0.164 e. The van der Waals surface area contributed by atoms with E-state index in [1.54, 1.807) is 12.1 Å². The highest BCUT2D eigenvalue weighted by atomic mass is 35.5. The number of halogens is 1. The zero-order chi connectivity index (χ0) is 9.97. The predicted molar refractivity (Wildman–Crippen MR) is 57.7 cm³/mol. The monoisotopic (exact) mass is 208 g/mol. The summed E-state index contributed by atoms with van der Waals surface area (Å²) in [6.45, 7) is 0. The molecule has 0 atom stereocenters. The minimum atomic E-state index is 0.183. The summed E-state index contributed by atoms with van der Waals surface area (Å²) in [6, 6.07) is 7.28. The fraction of sp³-hybridized carbons (Fsp3) is 0.417. The first-order valence-corrected chi connectivity index (χ1v) is 5.43. The summed E-state index contributed by atoms with van der Waals surface area (Å²) in [4.78, 5) is 11.7. The SMILES string of the molecule is O=C(CCC1CC1)c1ccccc1Cl. The van der Waals surface area contributed by atoms with Crippen LogP contribution >= 0.6 is 11.6 Å². The van der Waals surface area contributed by atoms with Gasteiger partial charge >= 0.3 is 0 Å². The summed E-state index contributed by atoms with van der Waals surface area (Å²) in [5.74, 6) is 0.990. The van der Waals surface area contributed by atoms with E-state index in [-0.39, 0.29) is 5.78 Å². The van der Waals surface area contributed by atoms with Gasteiger partial charge in [-0.1, -0.05) is 36.6 Å². The van der Waals surface area contributed by atoms with Crippen molar-refractivity contribution in [1.82, 2.24) is 0 Å². The Labute approximate surface area is 89.1 Å². The Balaban J connectivity index is 1.98. The average Bonchev–Trinajstić information content (AvgIpc) is 2.98. The van der Waals surface area contributed by atoms with Crippen molar-refractivity contribution in [2.75, 3.05) is 0 Å². The maximum atomic E-state index is 11.7. The Morgan fingerprint density at radius 2 is 2.07 bits per heavy atom. The highest BCUT2D eigenvalue weighted by Crippen LogP contribution is 2.34. The van der Waals surface area contributed by atoms with Gasteiger partial charge in [-0.3, -0.25) is 4.79 Å². The molecule has 1 aliphatic carbocycles. The fourth-order valence-electron chi connectivity index (χ4n) is 1.56. The molecule has 0 N–H and O–H groups in total. The molecule has 1 aromatic carbocycles. The Morgan fingerprint density at radius 1 is 1.36 bits per heavy atom. The highest BCUT2D eigenvalue weighted by molar-refractivity contribution is 6.33. The molecule has 1 saturated carbocycles. The normalized spacial score (nSPS) is 15.5. The molecule has 0 spiro atoms. The van der Waals surface area contributed by atoms with Crippen molar-refractivity contribution < 1.29 is 4.79 Å². The van der Waals surface area contributed by atoms with Crippen molar-refractivity contribution in [1.29, 1.82) is 0 Å². The molecule has 1 aliphatic rings. The molecule has 0 radical (unpaired) electrons. The molecule has 14 heavy (non-hydrogen) atoms. The van der Waals surface area contributed by atoms with Gasteiger partial charge in [-0.2, -0.15) is 0 Å². The molecule has 0 aliphatic heterocycles. The molecule has 2 heteroatoms. The Hall–Kier alpha value is -0.820. The lowest BCUT2D eigenvalue weighted by Crippen LogP contribution is -2.00. The third-order valence-corrected chi connectivity index (χ3v) is 2.98. The van der Waals surface area contributed by atoms with Crippen LogP contribution in [-0.2, 0) is 0 Å². The standard InChI is InChI=1S/C12H13ClO/c13-11-4-2-1-3-10(11)12(14)8-7-9-5-6-9/h1-4,9H,5-8H2. The van der Waals surface area contributed by atoms with Gasteiger partial charge in [0.2, 0.25) is 0 Å². The highest BCUT2D eigenvalue weighted by Gasteiger charge is 2.22. The molecule has 0 heterocycles. The number of ketones is 1. The van der Waals surface area contributed by atoms with Crippen molar-refractivity contribution in [3.63, 3.8) is 0 Å². The van der Waals surface area contributed by atoms with Crippen LogP contribution < -0.4 is 0 Å². The van der Waals surface area contributed by atoms with E-state index in [0.717, 1.165) is 12.3 Å². The molecular weight excluding hydrogens is 196 g/mol. The predicted octanol–water partition coefficient (Wildman–Crippen LogP) is 3.71. The van der Waals surface area contributed by atoms with Gasteiger partial charge in [-0.25, -0.2) is 0 Å². The summed E-state index contributed by atoms with van der Waals surface area (Å²) >= 11 is 5.93. The van der Waals surface area contributed by atoms with Gasteiger partial charge in [0.15, 0.2) is 5.78 Å². The summed E-state index contributed by atoms with van der Waals surface area (Å²) in [7, 11) is 0. The van der Waals surface area contributed by atoms with Crippen LogP contribution in [0.25, 0.3) is 0 Å². The second-order valence-corrected chi connectivity index (χ2v) is 4.29. The molecule has 2 rings (SSSR count). The molecule has 1 fully saturated rings. The van der Waals surface area contributed by atoms with Gasteiger partial charge in [0.05, 0.1) is 5.02 Å². The van der Waals surface area contributed by atoms with Crippen molar-refractivity contribution in [3.05, 3.63) is 34.9 Å². The summed E-state index contributed by atoms with van der Waals surface area (Å²) < 4.78 is 0. The number of Topliss-reactive ketones (excluding diaryl/α,β-unsaturated/α-hetero) is 1. The molecule has 74 valence electrons. The summed E-state index contributed by atoms with van der Waals surface area (Å²) in [5, 5.41) is 0.577. The van der Waals surface area contributed by atoms with Crippen LogP contribution in [0.5, 0.6) is 0 Å². The van der Waals surface area contributed by atoms with Gasteiger partial charge in [0.25, 0.3) is 0 Å². The number of carbonyl (C=O) groups is 1. The summed E-state index contributed by atoms with van der Waals surface area (Å²) in [5.41, 5.74) is 0.676. The lowest BCUT2D eigenvalue weighted by atomic mass is 10.1. The van der Waals surface area contributed by atoms with E-state index in [4.69, 9.17) is 11.6 Å². The maximum Gasteiger partial charge on any atom is 0.164 e. The average molecular weight is 209 g/mol. The van der Waals surface area contributed by atoms with Gasteiger partial charge in [0.1, 0.15) is 0 Å². The Bertz CT molecular complexity index is 342. The van der Waals surface area contributed by atoms with E-state index < -0.39 is 0 Å². The minimum Gasteiger partial charge on any atom is -0.294 e. The lowest BCUT2D eigenvalue weighted by molar-refractivity contribution is 0.0978. The first-order valence-electron chi connectivity index (χ1n) is 5.05. The van der Waals surface area contributed by atoms with Crippen LogP contribution in [0.3, 0.4) is 0 Å². The van der Waals surface area contributed by atoms with Crippen molar-refractivity contribution in [2.24, 2.45) is 5.92 Å². The second kappa shape index (κ2) is 4.14. The van der Waals surface area contributed by atoms with Crippen molar-refractivity contribution in [3.8, 4) is 0 Å². The van der Waals surface area contributed by atoms with Gasteiger partial charge in [0, 0.05) is 12.0 Å². The molecule has 1 nitrogen and oxygen atoms in total. The Morgan fingerprint density at radius 3 is 2.71 bits per heavy atom. The summed E-state index contributed by atoms with van der Waals surface area (Å²) in [6.07, 6.45) is 4.28. The molecule has 0 amide bonds.